The predicted octanol–water partition coefficient (Wildman–Crippen LogP) is -0.810. The molecule has 1 aliphatic rings. The Labute approximate surface area is 138 Å². The van der Waals surface area contributed by atoms with Crippen LogP contribution in [0.3, 0.4) is 0 Å². The first kappa shape index (κ1) is 16.4. The van der Waals surface area contributed by atoms with E-state index in [9.17, 15) is 14.4 Å². The van der Waals surface area contributed by atoms with Gasteiger partial charge in [0.2, 0.25) is 5.91 Å². The fourth-order valence-electron chi connectivity index (χ4n) is 3.34. The number of primary amides is 1. The van der Waals surface area contributed by atoms with Crippen molar-refractivity contribution in [2.45, 2.75) is 38.3 Å². The number of piperidine rings is 1. The highest BCUT2D eigenvalue weighted by Gasteiger charge is 2.39. The molecule has 0 spiro atoms. The lowest BCUT2D eigenvalue weighted by atomic mass is 9.88. The molecule has 1 saturated heterocycles. The van der Waals surface area contributed by atoms with Gasteiger partial charge in [0.15, 0.2) is 5.65 Å². The third kappa shape index (κ3) is 2.35. The van der Waals surface area contributed by atoms with Gasteiger partial charge >= 0.3 is 5.69 Å². The number of carbonyl (C=O) groups excluding carboxylic acids is 1. The summed E-state index contributed by atoms with van der Waals surface area (Å²) >= 11 is 0. The molecule has 24 heavy (non-hydrogen) atoms. The molecule has 3 heterocycles. The van der Waals surface area contributed by atoms with E-state index >= 15 is 0 Å². The number of carbonyl (C=O) groups is 1. The van der Waals surface area contributed by atoms with E-state index in [1.807, 2.05) is 11.8 Å². The van der Waals surface area contributed by atoms with Crippen molar-refractivity contribution >= 4 is 17.1 Å². The summed E-state index contributed by atoms with van der Waals surface area (Å²) in [5.41, 5.74) is 4.63. The van der Waals surface area contributed by atoms with E-state index in [0.717, 1.165) is 24.0 Å². The second kappa shape index (κ2) is 5.59. The lowest BCUT2D eigenvalue weighted by molar-refractivity contribution is -0.132. The first-order chi connectivity index (χ1) is 11.3. The molecule has 0 radical (unpaired) electrons. The van der Waals surface area contributed by atoms with Gasteiger partial charge in [0.25, 0.3) is 5.56 Å². The first-order valence-corrected chi connectivity index (χ1v) is 7.95. The number of nitrogens with zero attached hydrogens (tertiary/aromatic N) is 4. The summed E-state index contributed by atoms with van der Waals surface area (Å²) in [7, 11) is 3.00. The molecule has 0 aromatic carbocycles. The molecule has 1 fully saturated rings. The SMILES string of the molecule is Cn1c(=O)c2[nH]c(CN3CCCCC3(C)C(N)=O)nc2n(C)c1=O. The van der Waals surface area contributed by atoms with E-state index in [1.165, 1.54) is 11.6 Å². The Kier molecular flexibility index (Phi) is 3.83. The van der Waals surface area contributed by atoms with Crippen LogP contribution in [0.15, 0.2) is 9.59 Å². The van der Waals surface area contributed by atoms with E-state index in [4.69, 9.17) is 5.73 Å². The molecule has 0 aliphatic carbocycles. The maximum Gasteiger partial charge on any atom is 0.332 e. The van der Waals surface area contributed by atoms with Crippen molar-refractivity contribution in [2.24, 2.45) is 19.8 Å². The van der Waals surface area contributed by atoms with Crippen LogP contribution in [-0.4, -0.2) is 42.0 Å². The van der Waals surface area contributed by atoms with Crippen molar-refractivity contribution in [2.75, 3.05) is 6.54 Å². The van der Waals surface area contributed by atoms with Crippen LogP contribution in [0.25, 0.3) is 11.2 Å². The number of hydrogen-bond acceptors (Lipinski definition) is 5. The van der Waals surface area contributed by atoms with Crippen LogP contribution in [-0.2, 0) is 25.4 Å². The van der Waals surface area contributed by atoms with E-state index in [1.54, 1.807) is 7.05 Å². The minimum atomic E-state index is -0.728. The van der Waals surface area contributed by atoms with Crippen LogP contribution < -0.4 is 17.0 Å². The Morgan fingerprint density at radius 3 is 2.67 bits per heavy atom. The molecule has 0 bridgehead atoms. The molecule has 1 atom stereocenters. The highest BCUT2D eigenvalue weighted by atomic mass is 16.2. The third-order valence-corrected chi connectivity index (χ3v) is 5.05. The third-order valence-electron chi connectivity index (χ3n) is 5.05. The van der Waals surface area contributed by atoms with E-state index in [2.05, 4.69) is 9.97 Å². The number of likely N-dealkylation sites (tertiary alicyclic amines) is 1. The monoisotopic (exact) mass is 334 g/mol. The summed E-state index contributed by atoms with van der Waals surface area (Å²) < 4.78 is 2.37. The van der Waals surface area contributed by atoms with Gasteiger partial charge in [0, 0.05) is 14.1 Å². The van der Waals surface area contributed by atoms with Gasteiger partial charge in [0.05, 0.1) is 12.1 Å². The molecule has 1 amide bonds. The number of aromatic nitrogens is 4. The Hall–Kier alpha value is -2.42. The minimum Gasteiger partial charge on any atom is -0.368 e. The first-order valence-electron chi connectivity index (χ1n) is 7.95. The van der Waals surface area contributed by atoms with E-state index in [-0.39, 0.29) is 11.4 Å². The maximum absolute atomic E-state index is 12.2. The van der Waals surface area contributed by atoms with E-state index in [0.29, 0.717) is 24.4 Å². The number of nitrogens with two attached hydrogens (primary N) is 1. The summed E-state index contributed by atoms with van der Waals surface area (Å²) in [5.74, 6) is 0.180. The number of H-pyrrole nitrogens is 1. The molecule has 3 rings (SSSR count). The number of nitrogens with one attached hydrogen (secondary N) is 1. The Balaban J connectivity index is 2.03. The standard InChI is InChI=1S/C15H22N6O3/c1-15(13(16)23)6-4-5-7-21(15)8-9-17-10-11(18-9)19(2)14(24)20(3)12(10)22/h4-8H2,1-3H3,(H2,16,23)(H,17,18). The molecule has 0 saturated carbocycles. The second-order valence-corrected chi connectivity index (χ2v) is 6.60. The molecule has 1 aliphatic heterocycles. The fraction of sp³-hybridized carbons (Fsp3) is 0.600. The molecule has 3 N–H and O–H groups in total. The largest absolute Gasteiger partial charge is 0.368 e. The normalized spacial score (nSPS) is 22.1. The maximum atomic E-state index is 12.2. The number of amides is 1. The van der Waals surface area contributed by atoms with Crippen LogP contribution in [0, 0.1) is 0 Å². The smallest absolute Gasteiger partial charge is 0.332 e. The quantitative estimate of drug-likeness (QED) is 0.761. The van der Waals surface area contributed by atoms with Gasteiger partial charge in [-0.05, 0) is 32.7 Å². The lowest BCUT2D eigenvalue weighted by Crippen LogP contribution is -2.57. The molecule has 1 unspecified atom stereocenters. The topological polar surface area (TPSA) is 119 Å². The average Bonchev–Trinajstić information content (AvgIpc) is 2.97. The molecule has 2 aromatic rings. The number of rotatable bonds is 3. The van der Waals surface area contributed by atoms with Crippen LogP contribution in [0.4, 0.5) is 0 Å². The van der Waals surface area contributed by atoms with Gasteiger partial charge in [-0.2, -0.15) is 0 Å². The molecule has 9 nitrogen and oxygen atoms in total. The number of aryl methyl sites for hydroxylation is 1. The van der Waals surface area contributed by atoms with Gasteiger partial charge in [-0.1, -0.05) is 0 Å². The van der Waals surface area contributed by atoms with Crippen LogP contribution in [0.1, 0.15) is 32.0 Å². The van der Waals surface area contributed by atoms with Gasteiger partial charge in [0.1, 0.15) is 11.3 Å². The lowest BCUT2D eigenvalue weighted by Gasteiger charge is -2.42. The Bertz CT molecular complexity index is 924. The summed E-state index contributed by atoms with van der Waals surface area (Å²) in [6.07, 6.45) is 2.62. The summed E-state index contributed by atoms with van der Waals surface area (Å²) in [6, 6.07) is 0. The van der Waals surface area contributed by atoms with Crippen molar-refractivity contribution in [3.8, 4) is 0 Å². The van der Waals surface area contributed by atoms with Crippen LogP contribution in [0.5, 0.6) is 0 Å². The molecule has 9 heteroatoms. The zero-order valence-electron chi connectivity index (χ0n) is 14.1. The summed E-state index contributed by atoms with van der Waals surface area (Å²) in [5, 5.41) is 0. The Morgan fingerprint density at radius 1 is 1.29 bits per heavy atom. The minimum absolute atomic E-state index is 0.285. The van der Waals surface area contributed by atoms with Crippen LogP contribution in [0.2, 0.25) is 0 Å². The number of imidazole rings is 1. The molecular weight excluding hydrogens is 312 g/mol. The second-order valence-electron chi connectivity index (χ2n) is 6.60. The van der Waals surface area contributed by atoms with Crippen molar-refractivity contribution in [3.05, 3.63) is 26.7 Å². The van der Waals surface area contributed by atoms with Gasteiger partial charge < -0.3 is 10.7 Å². The highest BCUT2D eigenvalue weighted by molar-refractivity contribution is 5.84. The van der Waals surface area contributed by atoms with Crippen molar-refractivity contribution in [3.63, 3.8) is 0 Å². The highest BCUT2D eigenvalue weighted by Crippen LogP contribution is 2.28. The van der Waals surface area contributed by atoms with Gasteiger partial charge in [-0.15, -0.1) is 0 Å². The molecular formula is C15H22N6O3. The van der Waals surface area contributed by atoms with Gasteiger partial charge in [-0.25, -0.2) is 9.78 Å². The van der Waals surface area contributed by atoms with Crippen molar-refractivity contribution < 1.29 is 4.79 Å². The molecule has 130 valence electrons. The number of fused-ring (bicyclic) bond motifs is 1. The number of hydrogen-bond donors (Lipinski definition) is 2. The molecule has 2 aromatic heterocycles. The Morgan fingerprint density at radius 2 is 2.00 bits per heavy atom. The zero-order valence-corrected chi connectivity index (χ0v) is 14.1. The zero-order chi connectivity index (χ0) is 17.6. The summed E-state index contributed by atoms with van der Waals surface area (Å²) in [4.78, 5) is 45.5. The summed E-state index contributed by atoms with van der Waals surface area (Å²) in [6.45, 7) is 2.94. The average molecular weight is 334 g/mol. The van der Waals surface area contributed by atoms with Gasteiger partial charge in [-0.3, -0.25) is 23.6 Å². The van der Waals surface area contributed by atoms with Crippen molar-refractivity contribution in [1.82, 2.24) is 24.0 Å². The fourth-order valence-corrected chi connectivity index (χ4v) is 3.34. The van der Waals surface area contributed by atoms with Crippen LogP contribution >= 0.6 is 0 Å². The van der Waals surface area contributed by atoms with Crippen molar-refractivity contribution in [1.29, 1.82) is 0 Å². The number of aromatic amines is 1. The predicted molar refractivity (Wildman–Crippen MR) is 88.4 cm³/mol. The van der Waals surface area contributed by atoms with E-state index < -0.39 is 16.8 Å².